The number of benzene rings is 2. The van der Waals surface area contributed by atoms with Gasteiger partial charge in [0.15, 0.2) is 0 Å². The Bertz CT molecular complexity index is 597. The normalized spacial score (nSPS) is 13.5. The van der Waals surface area contributed by atoms with Crippen LogP contribution in [0, 0.1) is 11.7 Å². The Hall–Kier alpha value is -2.16. The number of carbonyl (C=O) groups is 1. The van der Waals surface area contributed by atoms with E-state index in [0.717, 1.165) is 12.0 Å². The maximum Gasteiger partial charge on any atom is 0.232 e. The number of hydrogen-bond acceptors (Lipinski definition) is 1. The molecule has 0 aromatic heterocycles. The second kappa shape index (κ2) is 7.02. The Balaban J connectivity index is 2.25. The van der Waals surface area contributed by atoms with Crippen LogP contribution in [0.1, 0.15) is 31.7 Å². The molecular weight excluding hydrogens is 265 g/mol. The molecule has 0 radical (unpaired) electrons. The number of hydrogen-bond donors (Lipinski definition) is 1. The van der Waals surface area contributed by atoms with Crippen molar-refractivity contribution in [1.29, 1.82) is 0 Å². The zero-order valence-corrected chi connectivity index (χ0v) is 12.3. The molecule has 2 aromatic carbocycles. The smallest absolute Gasteiger partial charge is 0.232 e. The molecule has 0 aliphatic heterocycles. The Morgan fingerprint density at radius 3 is 2.33 bits per heavy atom. The van der Waals surface area contributed by atoms with Crippen LogP contribution in [0.15, 0.2) is 54.6 Å². The van der Waals surface area contributed by atoms with E-state index in [1.807, 2.05) is 37.3 Å². The fourth-order valence-electron chi connectivity index (χ4n) is 2.41. The van der Waals surface area contributed by atoms with Gasteiger partial charge in [0.25, 0.3) is 0 Å². The van der Waals surface area contributed by atoms with Crippen molar-refractivity contribution in [2.24, 2.45) is 5.92 Å². The summed E-state index contributed by atoms with van der Waals surface area (Å²) in [5.41, 5.74) is 1.19. The van der Waals surface area contributed by atoms with Crippen molar-refractivity contribution < 1.29 is 9.18 Å². The summed E-state index contributed by atoms with van der Waals surface area (Å²) < 4.78 is 13.7. The Labute approximate surface area is 125 Å². The highest BCUT2D eigenvalue weighted by Crippen LogP contribution is 2.28. The third-order valence-corrected chi connectivity index (χ3v) is 3.79. The molecule has 2 rings (SSSR count). The van der Waals surface area contributed by atoms with Gasteiger partial charge in [-0.25, -0.2) is 4.39 Å². The van der Waals surface area contributed by atoms with Crippen molar-refractivity contribution >= 4 is 11.6 Å². The van der Waals surface area contributed by atoms with E-state index in [1.54, 1.807) is 18.2 Å². The average Bonchev–Trinajstić information content (AvgIpc) is 2.50. The van der Waals surface area contributed by atoms with Gasteiger partial charge >= 0.3 is 0 Å². The van der Waals surface area contributed by atoms with E-state index in [4.69, 9.17) is 0 Å². The van der Waals surface area contributed by atoms with Crippen molar-refractivity contribution in [2.45, 2.75) is 26.2 Å². The predicted molar refractivity (Wildman–Crippen MR) is 83.7 cm³/mol. The first-order valence-electron chi connectivity index (χ1n) is 7.23. The van der Waals surface area contributed by atoms with Crippen molar-refractivity contribution in [3.8, 4) is 0 Å². The number of anilines is 1. The van der Waals surface area contributed by atoms with E-state index < -0.39 is 5.82 Å². The topological polar surface area (TPSA) is 29.1 Å². The van der Waals surface area contributed by atoms with Gasteiger partial charge in [-0.05, 0) is 23.6 Å². The highest BCUT2D eigenvalue weighted by Gasteiger charge is 2.26. The minimum atomic E-state index is -0.415. The lowest BCUT2D eigenvalue weighted by Gasteiger charge is -2.23. The second-order valence-electron chi connectivity index (χ2n) is 5.24. The molecule has 110 valence electrons. The monoisotopic (exact) mass is 285 g/mol. The maximum absolute atomic E-state index is 13.7. The fraction of sp³-hybridized carbons (Fsp3) is 0.278. The lowest BCUT2D eigenvalue weighted by Crippen LogP contribution is -2.26. The van der Waals surface area contributed by atoms with Crippen molar-refractivity contribution in [3.05, 3.63) is 66.0 Å². The van der Waals surface area contributed by atoms with Gasteiger partial charge in [0.1, 0.15) is 5.82 Å². The van der Waals surface area contributed by atoms with Gasteiger partial charge in [-0.2, -0.15) is 0 Å². The van der Waals surface area contributed by atoms with E-state index in [0.29, 0.717) is 0 Å². The molecule has 0 unspecified atom stereocenters. The third kappa shape index (κ3) is 3.69. The van der Waals surface area contributed by atoms with E-state index in [1.165, 1.54) is 6.07 Å². The maximum atomic E-state index is 13.7. The Morgan fingerprint density at radius 2 is 1.71 bits per heavy atom. The summed E-state index contributed by atoms with van der Waals surface area (Å²) in [5.74, 6) is -0.683. The Kier molecular flexibility index (Phi) is 5.09. The van der Waals surface area contributed by atoms with E-state index >= 15 is 0 Å². The molecule has 1 N–H and O–H groups in total. The van der Waals surface area contributed by atoms with Crippen LogP contribution in [0.5, 0.6) is 0 Å². The molecule has 0 fully saturated rings. The summed E-state index contributed by atoms with van der Waals surface area (Å²) >= 11 is 0. The predicted octanol–water partition coefficient (Wildman–Crippen LogP) is 4.59. The van der Waals surface area contributed by atoms with Crippen LogP contribution >= 0.6 is 0 Å². The zero-order valence-electron chi connectivity index (χ0n) is 12.3. The number of para-hydroxylation sites is 1. The standard InChI is InChI=1S/C18H20FNO/c1-3-13(2)17(14-9-5-4-6-10-14)18(21)20-16-12-8-7-11-15(16)19/h4-13,17H,3H2,1-2H3,(H,20,21)/t13-,17+/m0/s1. The minimum absolute atomic E-state index is 0.166. The van der Waals surface area contributed by atoms with E-state index in [9.17, 15) is 9.18 Å². The highest BCUT2D eigenvalue weighted by atomic mass is 19.1. The number of nitrogens with one attached hydrogen (secondary N) is 1. The van der Waals surface area contributed by atoms with Gasteiger partial charge in [-0.3, -0.25) is 4.79 Å². The van der Waals surface area contributed by atoms with Gasteiger partial charge in [-0.1, -0.05) is 62.7 Å². The summed E-state index contributed by atoms with van der Waals surface area (Å²) in [6.45, 7) is 4.09. The van der Waals surface area contributed by atoms with Gasteiger partial charge in [-0.15, -0.1) is 0 Å². The number of amides is 1. The SMILES string of the molecule is CC[C@H](C)[C@@H](C(=O)Nc1ccccc1F)c1ccccc1. The van der Waals surface area contributed by atoms with Crippen molar-refractivity contribution in [3.63, 3.8) is 0 Å². The second-order valence-corrected chi connectivity index (χ2v) is 5.24. The van der Waals surface area contributed by atoms with Crippen molar-refractivity contribution in [1.82, 2.24) is 0 Å². The molecule has 0 saturated heterocycles. The molecule has 21 heavy (non-hydrogen) atoms. The first kappa shape index (κ1) is 15.2. The van der Waals surface area contributed by atoms with Gasteiger partial charge in [0.2, 0.25) is 5.91 Å². The average molecular weight is 285 g/mol. The molecule has 0 bridgehead atoms. The molecule has 3 heteroatoms. The zero-order chi connectivity index (χ0) is 15.2. The quantitative estimate of drug-likeness (QED) is 0.855. The van der Waals surface area contributed by atoms with Crippen LogP contribution in [0.3, 0.4) is 0 Å². The lowest BCUT2D eigenvalue weighted by atomic mass is 9.85. The number of carbonyl (C=O) groups excluding carboxylic acids is 1. The van der Waals surface area contributed by atoms with Gasteiger partial charge < -0.3 is 5.32 Å². The first-order valence-corrected chi connectivity index (χ1v) is 7.23. The fourth-order valence-corrected chi connectivity index (χ4v) is 2.41. The van der Waals surface area contributed by atoms with Crippen LogP contribution in [0.4, 0.5) is 10.1 Å². The molecule has 0 heterocycles. The molecule has 0 aliphatic rings. The summed E-state index contributed by atoms with van der Waals surface area (Å²) in [7, 11) is 0. The summed E-state index contributed by atoms with van der Waals surface area (Å²) in [5, 5.41) is 2.71. The first-order chi connectivity index (χ1) is 10.1. The number of rotatable bonds is 5. The molecule has 2 nitrogen and oxygen atoms in total. The lowest BCUT2D eigenvalue weighted by molar-refractivity contribution is -0.118. The molecule has 2 aromatic rings. The van der Waals surface area contributed by atoms with Crippen LogP contribution in [-0.4, -0.2) is 5.91 Å². The molecule has 0 saturated carbocycles. The molecule has 0 aliphatic carbocycles. The highest BCUT2D eigenvalue weighted by molar-refractivity contribution is 5.96. The van der Waals surface area contributed by atoms with Crippen LogP contribution in [0.25, 0.3) is 0 Å². The molecule has 2 atom stereocenters. The largest absolute Gasteiger partial charge is 0.323 e. The van der Waals surface area contributed by atoms with Crippen LogP contribution in [-0.2, 0) is 4.79 Å². The van der Waals surface area contributed by atoms with Crippen LogP contribution < -0.4 is 5.32 Å². The van der Waals surface area contributed by atoms with E-state index in [-0.39, 0.29) is 23.4 Å². The van der Waals surface area contributed by atoms with Gasteiger partial charge in [0.05, 0.1) is 11.6 Å². The van der Waals surface area contributed by atoms with Crippen LogP contribution in [0.2, 0.25) is 0 Å². The Morgan fingerprint density at radius 1 is 1.10 bits per heavy atom. The molecule has 1 amide bonds. The minimum Gasteiger partial charge on any atom is -0.323 e. The van der Waals surface area contributed by atoms with Gasteiger partial charge in [0, 0.05) is 0 Å². The van der Waals surface area contributed by atoms with E-state index in [2.05, 4.69) is 12.2 Å². The summed E-state index contributed by atoms with van der Waals surface area (Å²) in [4.78, 5) is 12.6. The molecule has 0 spiro atoms. The summed E-state index contributed by atoms with van der Waals surface area (Å²) in [6.07, 6.45) is 0.879. The summed E-state index contributed by atoms with van der Waals surface area (Å²) in [6, 6.07) is 15.9. The third-order valence-electron chi connectivity index (χ3n) is 3.79. The molecular formula is C18H20FNO. The van der Waals surface area contributed by atoms with Crippen molar-refractivity contribution in [2.75, 3.05) is 5.32 Å². The number of halogens is 1.